The van der Waals surface area contributed by atoms with Gasteiger partial charge in [0, 0.05) is 6.08 Å². The van der Waals surface area contributed by atoms with Crippen LogP contribution in [0.4, 0.5) is 4.79 Å². The molecule has 0 atom stereocenters. The first-order valence-corrected chi connectivity index (χ1v) is 6.09. The van der Waals surface area contributed by atoms with Crippen molar-refractivity contribution in [1.82, 2.24) is 10.2 Å². The maximum Gasteiger partial charge on any atom is 0.413 e. The van der Waals surface area contributed by atoms with Crippen LogP contribution >= 0.6 is 0 Å². The average molecular weight is 253 g/mol. The van der Waals surface area contributed by atoms with Crippen LogP contribution in [0.1, 0.15) is 12.8 Å². The standard InChI is InChI=1S/C12H19N3O3/c1-18-10-6-11(13)15(12(16)17)7-9(10)8-2-4-14-5-3-8/h6,8,14H,2-5,7,13H2,1H3,(H,16,17). The van der Waals surface area contributed by atoms with Gasteiger partial charge < -0.3 is 20.9 Å². The molecule has 18 heavy (non-hydrogen) atoms. The van der Waals surface area contributed by atoms with Crippen LogP contribution in [-0.2, 0) is 4.74 Å². The van der Waals surface area contributed by atoms with Gasteiger partial charge in [0.05, 0.1) is 13.7 Å². The number of carbonyl (C=O) groups is 1. The number of amides is 1. The molecule has 0 unspecified atom stereocenters. The number of carboxylic acid groups (broad SMARTS) is 1. The van der Waals surface area contributed by atoms with Crippen LogP contribution < -0.4 is 11.1 Å². The number of ether oxygens (including phenoxy) is 1. The third-order valence-corrected chi connectivity index (χ3v) is 3.52. The zero-order valence-corrected chi connectivity index (χ0v) is 10.5. The Morgan fingerprint density at radius 1 is 1.56 bits per heavy atom. The van der Waals surface area contributed by atoms with E-state index in [1.165, 1.54) is 4.90 Å². The molecule has 0 bridgehead atoms. The SMILES string of the molecule is COC1=C(C2CCNCC2)CN(C(=O)O)C(N)=C1. The van der Waals surface area contributed by atoms with E-state index in [0.717, 1.165) is 37.3 Å². The highest BCUT2D eigenvalue weighted by Crippen LogP contribution is 2.29. The monoisotopic (exact) mass is 253 g/mol. The van der Waals surface area contributed by atoms with E-state index < -0.39 is 6.09 Å². The highest BCUT2D eigenvalue weighted by Gasteiger charge is 2.29. The second-order valence-electron chi connectivity index (χ2n) is 4.56. The fraction of sp³-hybridized carbons (Fsp3) is 0.583. The second-order valence-corrected chi connectivity index (χ2v) is 4.56. The summed E-state index contributed by atoms with van der Waals surface area (Å²) < 4.78 is 5.34. The van der Waals surface area contributed by atoms with Crippen molar-refractivity contribution in [2.45, 2.75) is 12.8 Å². The summed E-state index contributed by atoms with van der Waals surface area (Å²) in [5.74, 6) is 1.31. The average Bonchev–Trinajstić information content (AvgIpc) is 2.39. The van der Waals surface area contributed by atoms with Gasteiger partial charge in [-0.2, -0.15) is 0 Å². The Hall–Kier alpha value is -1.69. The maximum absolute atomic E-state index is 11.1. The summed E-state index contributed by atoms with van der Waals surface area (Å²) in [5, 5.41) is 12.4. The van der Waals surface area contributed by atoms with Crippen LogP contribution in [0.2, 0.25) is 0 Å². The molecule has 0 aromatic carbocycles. The molecule has 0 aliphatic carbocycles. The third-order valence-electron chi connectivity index (χ3n) is 3.52. The van der Waals surface area contributed by atoms with E-state index >= 15 is 0 Å². The Morgan fingerprint density at radius 3 is 2.78 bits per heavy atom. The second kappa shape index (κ2) is 5.30. The van der Waals surface area contributed by atoms with E-state index in [0.29, 0.717) is 12.5 Å². The number of nitrogens with two attached hydrogens (primary N) is 1. The van der Waals surface area contributed by atoms with E-state index in [1.54, 1.807) is 13.2 Å². The molecule has 2 heterocycles. The molecular formula is C12H19N3O3. The molecular weight excluding hydrogens is 234 g/mol. The van der Waals surface area contributed by atoms with E-state index in [4.69, 9.17) is 15.6 Å². The van der Waals surface area contributed by atoms with Crippen molar-refractivity contribution >= 4 is 6.09 Å². The molecule has 2 aliphatic rings. The smallest absolute Gasteiger partial charge is 0.413 e. The van der Waals surface area contributed by atoms with Crippen LogP contribution in [0.15, 0.2) is 23.2 Å². The summed E-state index contributed by atoms with van der Waals surface area (Å²) in [6.07, 6.45) is 2.59. The van der Waals surface area contributed by atoms with Crippen molar-refractivity contribution in [2.24, 2.45) is 11.7 Å². The van der Waals surface area contributed by atoms with Gasteiger partial charge in [0.2, 0.25) is 0 Å². The van der Waals surface area contributed by atoms with Crippen molar-refractivity contribution in [2.75, 3.05) is 26.7 Å². The van der Waals surface area contributed by atoms with Crippen LogP contribution in [-0.4, -0.2) is 42.8 Å². The van der Waals surface area contributed by atoms with Crippen molar-refractivity contribution in [1.29, 1.82) is 0 Å². The number of hydrogen-bond donors (Lipinski definition) is 3. The van der Waals surface area contributed by atoms with Crippen molar-refractivity contribution in [3.8, 4) is 0 Å². The molecule has 0 aromatic rings. The molecule has 2 aliphatic heterocycles. The molecule has 1 amide bonds. The van der Waals surface area contributed by atoms with Gasteiger partial charge in [-0.05, 0) is 37.4 Å². The molecule has 100 valence electrons. The van der Waals surface area contributed by atoms with Crippen LogP contribution in [0, 0.1) is 5.92 Å². The molecule has 0 radical (unpaired) electrons. The Labute approximate surface area is 106 Å². The summed E-state index contributed by atoms with van der Waals surface area (Å²) in [6.45, 7) is 2.22. The van der Waals surface area contributed by atoms with Gasteiger partial charge >= 0.3 is 6.09 Å². The maximum atomic E-state index is 11.1. The lowest BCUT2D eigenvalue weighted by Gasteiger charge is -2.32. The lowest BCUT2D eigenvalue weighted by molar-refractivity contribution is 0.156. The van der Waals surface area contributed by atoms with E-state index in [2.05, 4.69) is 5.32 Å². The number of hydrogen-bond acceptors (Lipinski definition) is 4. The number of allylic oxidation sites excluding steroid dienone is 1. The third kappa shape index (κ3) is 2.43. The molecule has 6 nitrogen and oxygen atoms in total. The fourth-order valence-corrected chi connectivity index (χ4v) is 2.51. The van der Waals surface area contributed by atoms with Gasteiger partial charge in [-0.15, -0.1) is 0 Å². The molecule has 0 saturated carbocycles. The predicted molar refractivity (Wildman–Crippen MR) is 66.6 cm³/mol. The summed E-state index contributed by atoms with van der Waals surface area (Å²) in [6, 6.07) is 0. The van der Waals surface area contributed by atoms with Crippen molar-refractivity contribution in [3.05, 3.63) is 23.2 Å². The zero-order chi connectivity index (χ0) is 13.1. The molecule has 6 heteroatoms. The molecule has 1 saturated heterocycles. The first kappa shape index (κ1) is 12.8. The van der Waals surface area contributed by atoms with Crippen LogP contribution in [0.5, 0.6) is 0 Å². The van der Waals surface area contributed by atoms with E-state index in [1.807, 2.05) is 0 Å². The van der Waals surface area contributed by atoms with Gasteiger partial charge in [0.1, 0.15) is 11.6 Å². The quantitative estimate of drug-likeness (QED) is 0.673. The molecule has 2 rings (SSSR count). The number of nitrogens with one attached hydrogen (secondary N) is 1. The molecule has 0 spiro atoms. The van der Waals surface area contributed by atoms with Gasteiger partial charge in [0.15, 0.2) is 0 Å². The topological polar surface area (TPSA) is 87.8 Å². The minimum Gasteiger partial charge on any atom is -0.497 e. The largest absolute Gasteiger partial charge is 0.497 e. The predicted octanol–water partition coefficient (Wildman–Crippen LogP) is 0.680. The summed E-state index contributed by atoms with van der Waals surface area (Å²) in [5.41, 5.74) is 6.75. The minimum absolute atomic E-state index is 0.219. The number of rotatable bonds is 2. The van der Waals surface area contributed by atoms with Crippen LogP contribution in [0.25, 0.3) is 0 Å². The van der Waals surface area contributed by atoms with Gasteiger partial charge in [-0.25, -0.2) is 4.79 Å². The molecule has 1 fully saturated rings. The van der Waals surface area contributed by atoms with Crippen molar-refractivity contribution in [3.63, 3.8) is 0 Å². The Kier molecular flexibility index (Phi) is 3.76. The normalized spacial score (nSPS) is 21.8. The molecule has 4 N–H and O–H groups in total. The number of methoxy groups -OCH3 is 1. The zero-order valence-electron chi connectivity index (χ0n) is 10.5. The van der Waals surface area contributed by atoms with Gasteiger partial charge in [-0.3, -0.25) is 4.90 Å². The van der Waals surface area contributed by atoms with E-state index in [-0.39, 0.29) is 5.82 Å². The highest BCUT2D eigenvalue weighted by atomic mass is 16.5. The Balaban J connectivity index is 2.25. The van der Waals surface area contributed by atoms with Crippen LogP contribution in [0.3, 0.4) is 0 Å². The Morgan fingerprint density at radius 2 is 2.22 bits per heavy atom. The fourth-order valence-electron chi connectivity index (χ4n) is 2.51. The number of piperidine rings is 1. The number of nitrogens with zero attached hydrogens (tertiary/aromatic N) is 1. The Bertz CT molecular complexity index is 397. The van der Waals surface area contributed by atoms with Crippen molar-refractivity contribution < 1.29 is 14.6 Å². The minimum atomic E-state index is -1.02. The lowest BCUT2D eigenvalue weighted by atomic mass is 9.87. The summed E-state index contributed by atoms with van der Waals surface area (Å²) >= 11 is 0. The molecule has 0 aromatic heterocycles. The first-order chi connectivity index (χ1) is 8.63. The van der Waals surface area contributed by atoms with Gasteiger partial charge in [0.25, 0.3) is 0 Å². The summed E-state index contributed by atoms with van der Waals surface area (Å²) in [4.78, 5) is 12.3. The van der Waals surface area contributed by atoms with Gasteiger partial charge in [-0.1, -0.05) is 0 Å². The first-order valence-electron chi connectivity index (χ1n) is 6.09. The summed E-state index contributed by atoms with van der Waals surface area (Å²) in [7, 11) is 1.59. The highest BCUT2D eigenvalue weighted by molar-refractivity contribution is 5.68. The lowest BCUT2D eigenvalue weighted by Crippen LogP contribution is -2.40. The van der Waals surface area contributed by atoms with E-state index in [9.17, 15) is 4.79 Å².